The molecule has 0 radical (unpaired) electrons. The number of nitrogens with two attached hydrogens (primary N) is 1. The van der Waals surface area contributed by atoms with Crippen LogP contribution >= 0.6 is 12.2 Å². The van der Waals surface area contributed by atoms with Crippen LogP contribution in [0.2, 0.25) is 0 Å². The smallest absolute Gasteiger partial charge is 0.233 e. The third-order valence-corrected chi connectivity index (χ3v) is 5.42. The van der Waals surface area contributed by atoms with E-state index in [1.165, 1.54) is 19.3 Å². The minimum Gasteiger partial charge on any atom is -0.392 e. The maximum Gasteiger partial charge on any atom is 0.233 e. The molecule has 2 aliphatic rings. The molecular formula is C15H26N2O2S. The van der Waals surface area contributed by atoms with Gasteiger partial charge in [0, 0.05) is 20.3 Å². The van der Waals surface area contributed by atoms with Crippen LogP contribution < -0.4 is 11.1 Å². The number of carbonyl (C=O) groups is 1. The molecule has 114 valence electrons. The van der Waals surface area contributed by atoms with Gasteiger partial charge in [0.25, 0.3) is 0 Å². The molecule has 0 atom stereocenters. The van der Waals surface area contributed by atoms with Gasteiger partial charge in [-0.25, -0.2) is 0 Å². The lowest BCUT2D eigenvalue weighted by Crippen LogP contribution is -2.51. The van der Waals surface area contributed by atoms with Gasteiger partial charge in [0.1, 0.15) is 0 Å². The number of hydrogen-bond donors (Lipinski definition) is 2. The normalized spacial score (nSPS) is 23.1. The average Bonchev–Trinajstić information content (AvgIpc) is 3.23. The van der Waals surface area contributed by atoms with Crippen LogP contribution in [-0.2, 0) is 9.53 Å². The Labute approximate surface area is 126 Å². The summed E-state index contributed by atoms with van der Waals surface area (Å²) < 4.78 is 5.15. The van der Waals surface area contributed by atoms with Gasteiger partial charge in [-0.2, -0.15) is 0 Å². The van der Waals surface area contributed by atoms with Crippen LogP contribution in [0.4, 0.5) is 0 Å². The number of hydrogen-bond acceptors (Lipinski definition) is 3. The van der Waals surface area contributed by atoms with E-state index in [2.05, 4.69) is 5.32 Å². The van der Waals surface area contributed by atoms with Gasteiger partial charge < -0.3 is 15.8 Å². The van der Waals surface area contributed by atoms with Crippen LogP contribution in [0, 0.1) is 10.8 Å². The van der Waals surface area contributed by atoms with E-state index in [1.807, 2.05) is 0 Å². The highest BCUT2D eigenvalue weighted by Crippen LogP contribution is 2.48. The average molecular weight is 298 g/mol. The standard InChI is InChI=1S/C15H26N2O2S/c1-19-10-9-14(7-8-14)11-17-13(18)15(12(16)20)5-3-2-4-6-15/h2-11H2,1H3,(H2,16,20)(H,17,18). The molecule has 20 heavy (non-hydrogen) atoms. The van der Waals surface area contributed by atoms with Gasteiger partial charge in [0.05, 0.1) is 10.4 Å². The van der Waals surface area contributed by atoms with Crippen LogP contribution in [0.5, 0.6) is 0 Å². The van der Waals surface area contributed by atoms with E-state index < -0.39 is 5.41 Å². The molecule has 0 heterocycles. The van der Waals surface area contributed by atoms with Crippen molar-refractivity contribution in [3.8, 4) is 0 Å². The lowest BCUT2D eigenvalue weighted by molar-refractivity contribution is -0.129. The van der Waals surface area contributed by atoms with E-state index >= 15 is 0 Å². The van der Waals surface area contributed by atoms with Crippen LogP contribution in [0.25, 0.3) is 0 Å². The van der Waals surface area contributed by atoms with Gasteiger partial charge in [-0.3, -0.25) is 4.79 Å². The maximum atomic E-state index is 12.6. The molecule has 2 aliphatic carbocycles. The molecule has 0 saturated heterocycles. The Kier molecular flexibility index (Phi) is 5.02. The summed E-state index contributed by atoms with van der Waals surface area (Å²) in [6.45, 7) is 1.50. The maximum absolute atomic E-state index is 12.6. The first-order valence-corrected chi connectivity index (χ1v) is 8.03. The number of carbonyl (C=O) groups excluding carboxylic acids is 1. The van der Waals surface area contributed by atoms with Crippen molar-refractivity contribution in [1.82, 2.24) is 5.32 Å². The second-order valence-corrected chi connectivity index (χ2v) is 6.87. The molecule has 2 saturated carbocycles. The predicted molar refractivity (Wildman–Crippen MR) is 83.5 cm³/mol. The Morgan fingerprint density at radius 3 is 2.40 bits per heavy atom. The molecule has 5 heteroatoms. The highest BCUT2D eigenvalue weighted by molar-refractivity contribution is 7.80. The Balaban J connectivity index is 1.91. The van der Waals surface area contributed by atoms with Gasteiger partial charge in [-0.1, -0.05) is 31.5 Å². The van der Waals surface area contributed by atoms with Crippen LogP contribution in [-0.4, -0.2) is 31.2 Å². The first kappa shape index (κ1) is 15.7. The molecular weight excluding hydrogens is 272 g/mol. The fourth-order valence-corrected chi connectivity index (χ4v) is 3.48. The fourth-order valence-electron chi connectivity index (χ4n) is 3.19. The van der Waals surface area contributed by atoms with Crippen LogP contribution in [0.1, 0.15) is 51.4 Å². The molecule has 2 rings (SSSR count). The number of thiocarbonyl (C=S) groups is 1. The van der Waals surface area contributed by atoms with E-state index in [0.717, 1.165) is 45.3 Å². The van der Waals surface area contributed by atoms with Crippen LogP contribution in [0.15, 0.2) is 0 Å². The Bertz CT molecular complexity index is 374. The Hall–Kier alpha value is -0.680. The second-order valence-electron chi connectivity index (χ2n) is 6.43. The molecule has 0 aromatic rings. The first-order valence-electron chi connectivity index (χ1n) is 7.62. The fraction of sp³-hybridized carbons (Fsp3) is 0.867. The summed E-state index contributed by atoms with van der Waals surface area (Å²) in [5.74, 6) is 0.0494. The van der Waals surface area contributed by atoms with Gasteiger partial charge in [-0.15, -0.1) is 0 Å². The summed E-state index contributed by atoms with van der Waals surface area (Å²) in [7, 11) is 1.72. The van der Waals surface area contributed by atoms with E-state index in [-0.39, 0.29) is 11.3 Å². The highest BCUT2D eigenvalue weighted by Gasteiger charge is 2.46. The van der Waals surface area contributed by atoms with E-state index in [0.29, 0.717) is 4.99 Å². The summed E-state index contributed by atoms with van der Waals surface area (Å²) in [4.78, 5) is 13.0. The first-order chi connectivity index (χ1) is 9.55. The summed E-state index contributed by atoms with van der Waals surface area (Å²) in [5.41, 5.74) is 5.56. The van der Waals surface area contributed by atoms with E-state index in [4.69, 9.17) is 22.7 Å². The quantitative estimate of drug-likeness (QED) is 0.707. The largest absolute Gasteiger partial charge is 0.392 e. The third-order valence-electron chi connectivity index (χ3n) is 5.03. The summed E-state index contributed by atoms with van der Waals surface area (Å²) >= 11 is 5.19. The van der Waals surface area contributed by atoms with Crippen molar-refractivity contribution >= 4 is 23.1 Å². The van der Waals surface area contributed by atoms with Crippen molar-refractivity contribution in [2.75, 3.05) is 20.3 Å². The molecule has 0 unspecified atom stereocenters. The molecule has 0 aromatic carbocycles. The lowest BCUT2D eigenvalue weighted by atomic mass is 9.73. The predicted octanol–water partition coefficient (Wildman–Crippen LogP) is 2.16. The number of amides is 1. The third kappa shape index (κ3) is 3.31. The molecule has 0 aliphatic heterocycles. The Morgan fingerprint density at radius 1 is 1.25 bits per heavy atom. The SMILES string of the molecule is COCCC1(CNC(=O)C2(C(N)=S)CCCCC2)CC1. The minimum atomic E-state index is -0.592. The minimum absolute atomic E-state index is 0.0494. The molecule has 3 N–H and O–H groups in total. The van der Waals surface area contributed by atoms with Crippen molar-refractivity contribution in [2.24, 2.45) is 16.6 Å². The lowest BCUT2D eigenvalue weighted by Gasteiger charge is -2.35. The zero-order chi connectivity index (χ0) is 14.6. The molecule has 1 amide bonds. The Morgan fingerprint density at radius 2 is 1.90 bits per heavy atom. The monoisotopic (exact) mass is 298 g/mol. The van der Waals surface area contributed by atoms with Crippen molar-refractivity contribution in [3.63, 3.8) is 0 Å². The molecule has 2 fully saturated rings. The zero-order valence-electron chi connectivity index (χ0n) is 12.4. The summed E-state index contributed by atoms with van der Waals surface area (Å²) in [6, 6.07) is 0. The molecule has 0 aromatic heterocycles. The van der Waals surface area contributed by atoms with Crippen molar-refractivity contribution in [2.45, 2.75) is 51.4 Å². The summed E-state index contributed by atoms with van der Waals surface area (Å²) in [5, 5.41) is 3.12. The molecule has 0 bridgehead atoms. The van der Waals surface area contributed by atoms with E-state index in [1.54, 1.807) is 7.11 Å². The number of nitrogens with one attached hydrogen (secondary N) is 1. The van der Waals surface area contributed by atoms with Crippen LogP contribution in [0.3, 0.4) is 0 Å². The highest BCUT2D eigenvalue weighted by atomic mass is 32.1. The van der Waals surface area contributed by atoms with Gasteiger partial charge in [0.15, 0.2) is 0 Å². The van der Waals surface area contributed by atoms with Gasteiger partial charge >= 0.3 is 0 Å². The second kappa shape index (κ2) is 6.39. The van der Waals surface area contributed by atoms with E-state index in [9.17, 15) is 4.79 Å². The van der Waals surface area contributed by atoms with Crippen molar-refractivity contribution in [3.05, 3.63) is 0 Å². The topological polar surface area (TPSA) is 64.3 Å². The molecule has 4 nitrogen and oxygen atoms in total. The zero-order valence-corrected chi connectivity index (χ0v) is 13.2. The number of rotatable bonds is 7. The van der Waals surface area contributed by atoms with Crippen molar-refractivity contribution in [1.29, 1.82) is 0 Å². The summed E-state index contributed by atoms with van der Waals surface area (Å²) in [6.07, 6.45) is 8.24. The molecule has 0 spiro atoms. The number of ether oxygens (including phenoxy) is 1. The number of methoxy groups -OCH3 is 1. The van der Waals surface area contributed by atoms with Gasteiger partial charge in [0.2, 0.25) is 5.91 Å². The van der Waals surface area contributed by atoms with Gasteiger partial charge in [-0.05, 0) is 37.5 Å². The van der Waals surface area contributed by atoms with Crippen molar-refractivity contribution < 1.29 is 9.53 Å².